The van der Waals surface area contributed by atoms with E-state index in [9.17, 15) is 13.2 Å². The normalized spacial score (nSPS) is 15.2. The summed E-state index contributed by atoms with van der Waals surface area (Å²) >= 11 is 0. The van der Waals surface area contributed by atoms with Crippen molar-refractivity contribution in [1.82, 2.24) is 4.90 Å². The fourth-order valence-electron chi connectivity index (χ4n) is 0.933. The van der Waals surface area contributed by atoms with E-state index >= 15 is 0 Å². The lowest BCUT2D eigenvalue weighted by Crippen LogP contribution is -2.38. The van der Waals surface area contributed by atoms with Gasteiger partial charge >= 0.3 is 6.18 Å². The maximum absolute atomic E-state index is 11.8. The first-order valence-electron chi connectivity index (χ1n) is 3.82. The molecule has 5 heteroatoms. The fourth-order valence-corrected chi connectivity index (χ4v) is 0.933. The van der Waals surface area contributed by atoms with Crippen molar-refractivity contribution in [3.63, 3.8) is 0 Å². The fraction of sp³-hybridized carbons (Fsp3) is 1.00. The van der Waals surface area contributed by atoms with Crippen LogP contribution in [0.4, 0.5) is 13.2 Å². The number of aliphatic hydroxyl groups excluding tert-OH is 1. The molecule has 0 saturated carbocycles. The molecule has 0 aliphatic heterocycles. The van der Waals surface area contributed by atoms with Crippen LogP contribution in [0.25, 0.3) is 0 Å². The molecule has 0 aromatic heterocycles. The second kappa shape index (κ2) is 4.67. The van der Waals surface area contributed by atoms with Gasteiger partial charge in [0.25, 0.3) is 0 Å². The summed E-state index contributed by atoms with van der Waals surface area (Å²) in [6, 6.07) is 0. The Kier molecular flexibility index (Phi) is 4.55. The monoisotopic (exact) mass is 185 g/mol. The summed E-state index contributed by atoms with van der Waals surface area (Å²) in [4.78, 5) is 1.16. The van der Waals surface area contributed by atoms with E-state index in [1.165, 1.54) is 6.92 Å². The van der Waals surface area contributed by atoms with Crippen LogP contribution in [0.5, 0.6) is 0 Å². The van der Waals surface area contributed by atoms with Crippen molar-refractivity contribution in [2.75, 3.05) is 19.6 Å². The predicted molar refractivity (Wildman–Crippen MR) is 39.8 cm³/mol. The minimum absolute atomic E-state index is 0.0655. The van der Waals surface area contributed by atoms with Crippen LogP contribution in [0.15, 0.2) is 0 Å². The van der Waals surface area contributed by atoms with Gasteiger partial charge in [0.2, 0.25) is 0 Å². The second-order valence-corrected chi connectivity index (χ2v) is 2.79. The topological polar surface area (TPSA) is 23.5 Å². The van der Waals surface area contributed by atoms with Gasteiger partial charge in [-0.1, -0.05) is 6.92 Å². The van der Waals surface area contributed by atoms with Gasteiger partial charge in [-0.3, -0.25) is 4.90 Å². The van der Waals surface area contributed by atoms with E-state index in [-0.39, 0.29) is 6.54 Å². The first kappa shape index (κ1) is 11.7. The highest BCUT2D eigenvalue weighted by Crippen LogP contribution is 2.16. The molecule has 0 radical (unpaired) electrons. The SMILES string of the molecule is CCN(C[C@H](C)O)CC(F)(F)F. The number of hydrogen-bond acceptors (Lipinski definition) is 2. The van der Waals surface area contributed by atoms with Gasteiger partial charge < -0.3 is 5.11 Å². The number of nitrogens with zero attached hydrogens (tertiary/aromatic N) is 1. The predicted octanol–water partition coefficient (Wildman–Crippen LogP) is 1.25. The summed E-state index contributed by atoms with van der Waals surface area (Å²) in [5.74, 6) is 0. The van der Waals surface area contributed by atoms with Gasteiger partial charge in [-0.2, -0.15) is 13.2 Å². The third kappa shape index (κ3) is 6.42. The van der Waals surface area contributed by atoms with E-state index < -0.39 is 18.8 Å². The molecular weight excluding hydrogens is 171 g/mol. The number of hydrogen-bond donors (Lipinski definition) is 1. The third-order valence-electron chi connectivity index (χ3n) is 1.37. The molecule has 0 aliphatic carbocycles. The molecule has 0 aliphatic rings. The van der Waals surface area contributed by atoms with Crippen molar-refractivity contribution in [1.29, 1.82) is 0 Å². The summed E-state index contributed by atoms with van der Waals surface area (Å²) < 4.78 is 35.5. The highest BCUT2D eigenvalue weighted by molar-refractivity contribution is 4.63. The van der Waals surface area contributed by atoms with Gasteiger partial charge in [0.05, 0.1) is 12.6 Å². The van der Waals surface area contributed by atoms with Crippen LogP contribution in [-0.4, -0.2) is 41.9 Å². The molecule has 0 bridgehead atoms. The largest absolute Gasteiger partial charge is 0.401 e. The number of aliphatic hydroxyl groups is 1. The van der Waals surface area contributed by atoms with Gasteiger partial charge in [-0.25, -0.2) is 0 Å². The number of halogens is 3. The van der Waals surface area contributed by atoms with Gasteiger partial charge in [0, 0.05) is 6.54 Å². The Morgan fingerprint density at radius 3 is 2.17 bits per heavy atom. The van der Waals surface area contributed by atoms with Crippen molar-refractivity contribution in [3.8, 4) is 0 Å². The summed E-state index contributed by atoms with van der Waals surface area (Å²) in [5.41, 5.74) is 0. The highest BCUT2D eigenvalue weighted by atomic mass is 19.4. The number of likely N-dealkylation sites (N-methyl/N-ethyl adjacent to an activating group) is 1. The van der Waals surface area contributed by atoms with Crippen molar-refractivity contribution < 1.29 is 18.3 Å². The van der Waals surface area contributed by atoms with E-state index in [1.54, 1.807) is 6.92 Å². The molecule has 0 aromatic carbocycles. The van der Waals surface area contributed by atoms with Crippen LogP contribution in [0.2, 0.25) is 0 Å². The Balaban J connectivity index is 3.83. The molecule has 0 spiro atoms. The summed E-state index contributed by atoms with van der Waals surface area (Å²) in [6.07, 6.45) is -4.89. The minimum atomic E-state index is -4.18. The highest BCUT2D eigenvalue weighted by Gasteiger charge is 2.30. The van der Waals surface area contributed by atoms with Crippen molar-refractivity contribution >= 4 is 0 Å². The standard InChI is InChI=1S/C7H14F3NO/c1-3-11(4-6(2)12)5-7(8,9)10/h6,12H,3-5H2,1-2H3/t6-/m0/s1. The van der Waals surface area contributed by atoms with Crippen molar-refractivity contribution in [2.24, 2.45) is 0 Å². The Bertz CT molecular complexity index is 124. The van der Waals surface area contributed by atoms with Crippen LogP contribution < -0.4 is 0 Å². The molecule has 0 fully saturated rings. The Morgan fingerprint density at radius 1 is 1.42 bits per heavy atom. The van der Waals surface area contributed by atoms with E-state index in [0.717, 1.165) is 4.90 Å². The summed E-state index contributed by atoms with van der Waals surface area (Å²) in [7, 11) is 0. The quantitative estimate of drug-likeness (QED) is 0.712. The van der Waals surface area contributed by atoms with Crippen LogP contribution in [-0.2, 0) is 0 Å². The lowest BCUT2D eigenvalue weighted by Gasteiger charge is -2.22. The maximum atomic E-state index is 11.8. The summed E-state index contributed by atoms with van der Waals surface area (Å²) in [5, 5.41) is 8.84. The van der Waals surface area contributed by atoms with Gasteiger partial charge in [-0.05, 0) is 13.5 Å². The molecule has 0 unspecified atom stereocenters. The second-order valence-electron chi connectivity index (χ2n) is 2.79. The average molecular weight is 185 g/mol. The van der Waals surface area contributed by atoms with Gasteiger partial charge in [-0.15, -0.1) is 0 Å². The summed E-state index contributed by atoms with van der Waals surface area (Å²) in [6.45, 7) is 2.52. The Hall–Kier alpha value is -0.290. The molecule has 2 nitrogen and oxygen atoms in total. The number of alkyl halides is 3. The lowest BCUT2D eigenvalue weighted by molar-refractivity contribution is -0.147. The van der Waals surface area contributed by atoms with Crippen molar-refractivity contribution in [3.05, 3.63) is 0 Å². The zero-order chi connectivity index (χ0) is 9.78. The van der Waals surface area contributed by atoms with E-state index in [4.69, 9.17) is 5.11 Å². The zero-order valence-electron chi connectivity index (χ0n) is 7.23. The molecule has 1 N–H and O–H groups in total. The molecule has 74 valence electrons. The van der Waals surface area contributed by atoms with Gasteiger partial charge in [0.1, 0.15) is 0 Å². The van der Waals surface area contributed by atoms with Gasteiger partial charge in [0.15, 0.2) is 0 Å². The van der Waals surface area contributed by atoms with Crippen LogP contribution in [0.1, 0.15) is 13.8 Å². The molecule has 0 amide bonds. The molecule has 0 aromatic rings. The van der Waals surface area contributed by atoms with Crippen molar-refractivity contribution in [2.45, 2.75) is 26.1 Å². The Morgan fingerprint density at radius 2 is 1.92 bits per heavy atom. The van der Waals surface area contributed by atoms with Crippen LogP contribution in [0, 0.1) is 0 Å². The molecule has 0 saturated heterocycles. The minimum Gasteiger partial charge on any atom is -0.392 e. The molecule has 12 heavy (non-hydrogen) atoms. The van der Waals surface area contributed by atoms with E-state index in [1.807, 2.05) is 0 Å². The molecule has 0 rings (SSSR count). The average Bonchev–Trinajstić information content (AvgIpc) is 1.82. The van der Waals surface area contributed by atoms with Crippen LogP contribution in [0.3, 0.4) is 0 Å². The molecular formula is C7H14F3NO. The zero-order valence-corrected chi connectivity index (χ0v) is 7.23. The lowest BCUT2D eigenvalue weighted by atomic mass is 10.3. The van der Waals surface area contributed by atoms with E-state index in [0.29, 0.717) is 6.54 Å². The molecule has 0 heterocycles. The van der Waals surface area contributed by atoms with Crippen LogP contribution >= 0.6 is 0 Å². The third-order valence-corrected chi connectivity index (χ3v) is 1.37. The van der Waals surface area contributed by atoms with E-state index in [2.05, 4.69) is 0 Å². The first-order chi connectivity index (χ1) is 5.35. The maximum Gasteiger partial charge on any atom is 0.401 e. The smallest absolute Gasteiger partial charge is 0.392 e. The molecule has 1 atom stereocenters. The Labute approximate surface area is 70.0 Å². The number of rotatable bonds is 4. The first-order valence-corrected chi connectivity index (χ1v) is 3.82.